The van der Waals surface area contributed by atoms with Gasteiger partial charge in [0.05, 0.1) is 4.36 Å². The molecular formula is C3H6ClNS. The van der Waals surface area contributed by atoms with Crippen molar-refractivity contribution >= 4 is 23.4 Å². The molecule has 0 saturated heterocycles. The van der Waals surface area contributed by atoms with Gasteiger partial charge in [0.2, 0.25) is 0 Å². The lowest BCUT2D eigenvalue weighted by molar-refractivity contribution is 1.62. The van der Waals surface area contributed by atoms with Crippen molar-refractivity contribution in [2.75, 3.05) is 6.26 Å². The molecule has 0 aliphatic rings. The maximum atomic E-state index is 5.35. The summed E-state index contributed by atoms with van der Waals surface area (Å²) in [6.45, 7) is 0. The van der Waals surface area contributed by atoms with Gasteiger partial charge in [-0.25, -0.2) is 0 Å². The van der Waals surface area contributed by atoms with Gasteiger partial charge >= 0.3 is 0 Å². The van der Waals surface area contributed by atoms with Crippen LogP contribution in [-0.4, -0.2) is 6.26 Å². The Balaban J connectivity index is 3.22. The van der Waals surface area contributed by atoms with E-state index in [1.54, 1.807) is 0 Å². The van der Waals surface area contributed by atoms with E-state index in [1.807, 2.05) is 6.26 Å². The Morgan fingerprint density at radius 3 is 2.50 bits per heavy atom. The third-order valence-corrected chi connectivity index (χ3v) is 1.44. The van der Waals surface area contributed by atoms with E-state index in [2.05, 4.69) is 0 Å². The molecule has 0 fully saturated rings. The van der Waals surface area contributed by atoms with Crippen LogP contribution in [-0.2, 0) is 0 Å². The zero-order valence-corrected chi connectivity index (χ0v) is 5.01. The number of rotatable bonds is 1. The Bertz CT molecular complexity index is 61.8. The third kappa shape index (κ3) is 2.42. The average Bonchev–Trinajstić information content (AvgIpc) is 1.65. The van der Waals surface area contributed by atoms with Crippen LogP contribution in [0.3, 0.4) is 0 Å². The quantitative estimate of drug-likeness (QED) is 0.570. The maximum absolute atomic E-state index is 5.35. The lowest BCUT2D eigenvalue weighted by Gasteiger charge is -1.81. The number of thioether (sulfide) groups is 1. The molecule has 1 nitrogen and oxygen atoms in total. The molecule has 6 heavy (non-hydrogen) atoms. The van der Waals surface area contributed by atoms with E-state index in [-0.39, 0.29) is 0 Å². The minimum Gasteiger partial charge on any atom is -0.403 e. The fourth-order valence-electron chi connectivity index (χ4n) is 0.0680. The summed E-state index contributed by atoms with van der Waals surface area (Å²) in [5.74, 6) is 0. The summed E-state index contributed by atoms with van der Waals surface area (Å²) in [5.41, 5.74) is 4.97. The molecular weight excluding hydrogens is 118 g/mol. The molecule has 0 radical (unpaired) electrons. The van der Waals surface area contributed by atoms with Gasteiger partial charge in [-0.15, -0.1) is 11.8 Å². The molecule has 0 saturated carbocycles. The SMILES string of the molecule is CS/C(Cl)=C\N. The van der Waals surface area contributed by atoms with Crippen LogP contribution < -0.4 is 5.73 Å². The highest BCUT2D eigenvalue weighted by Crippen LogP contribution is 2.12. The van der Waals surface area contributed by atoms with Crippen LogP contribution in [0.2, 0.25) is 0 Å². The van der Waals surface area contributed by atoms with Gasteiger partial charge in [-0.2, -0.15) is 0 Å². The van der Waals surface area contributed by atoms with Crippen LogP contribution in [0.4, 0.5) is 0 Å². The number of hydrogen-bond acceptors (Lipinski definition) is 2. The molecule has 0 aliphatic carbocycles. The number of hydrogen-bond donors (Lipinski definition) is 1. The summed E-state index contributed by atoms with van der Waals surface area (Å²) in [6, 6.07) is 0. The van der Waals surface area contributed by atoms with E-state index >= 15 is 0 Å². The van der Waals surface area contributed by atoms with E-state index in [0.29, 0.717) is 4.36 Å². The van der Waals surface area contributed by atoms with Crippen molar-refractivity contribution in [1.29, 1.82) is 0 Å². The van der Waals surface area contributed by atoms with E-state index in [1.165, 1.54) is 18.0 Å². The molecule has 0 aromatic heterocycles. The normalized spacial score (nSPS) is 12.0. The van der Waals surface area contributed by atoms with Gasteiger partial charge in [-0.1, -0.05) is 11.6 Å². The van der Waals surface area contributed by atoms with Crippen molar-refractivity contribution in [1.82, 2.24) is 0 Å². The van der Waals surface area contributed by atoms with E-state index < -0.39 is 0 Å². The molecule has 0 atom stereocenters. The zero-order chi connectivity index (χ0) is 4.99. The molecule has 0 spiro atoms. The summed E-state index contributed by atoms with van der Waals surface area (Å²) < 4.78 is 0.634. The van der Waals surface area contributed by atoms with Crippen LogP contribution in [0.25, 0.3) is 0 Å². The molecule has 0 unspecified atom stereocenters. The fraction of sp³-hybridized carbons (Fsp3) is 0.333. The van der Waals surface area contributed by atoms with Crippen molar-refractivity contribution in [3.05, 3.63) is 10.6 Å². The van der Waals surface area contributed by atoms with Crippen LogP contribution in [0.5, 0.6) is 0 Å². The maximum Gasteiger partial charge on any atom is 0.0887 e. The monoisotopic (exact) mass is 123 g/mol. The number of halogens is 1. The Hall–Kier alpha value is 0.180. The smallest absolute Gasteiger partial charge is 0.0887 e. The van der Waals surface area contributed by atoms with Gasteiger partial charge in [-0.05, 0) is 6.26 Å². The van der Waals surface area contributed by atoms with Crippen LogP contribution in [0.15, 0.2) is 10.6 Å². The van der Waals surface area contributed by atoms with Gasteiger partial charge in [0.1, 0.15) is 0 Å². The molecule has 0 aromatic carbocycles. The van der Waals surface area contributed by atoms with Crippen molar-refractivity contribution in [2.45, 2.75) is 0 Å². The first-order valence-electron chi connectivity index (χ1n) is 1.42. The summed E-state index contributed by atoms with van der Waals surface area (Å²) in [7, 11) is 0. The minimum atomic E-state index is 0.634. The van der Waals surface area contributed by atoms with E-state index in [4.69, 9.17) is 17.3 Å². The average molecular weight is 124 g/mol. The Morgan fingerprint density at radius 1 is 2.00 bits per heavy atom. The second-order valence-electron chi connectivity index (χ2n) is 0.675. The fourth-order valence-corrected chi connectivity index (χ4v) is 0.204. The third-order valence-electron chi connectivity index (χ3n) is 0.326. The van der Waals surface area contributed by atoms with Gasteiger partial charge in [0.25, 0.3) is 0 Å². The topological polar surface area (TPSA) is 26.0 Å². The summed E-state index contributed by atoms with van der Waals surface area (Å²) in [5, 5.41) is 0. The van der Waals surface area contributed by atoms with Crippen molar-refractivity contribution in [3.8, 4) is 0 Å². The van der Waals surface area contributed by atoms with Gasteiger partial charge in [-0.3, -0.25) is 0 Å². The van der Waals surface area contributed by atoms with Crippen molar-refractivity contribution in [2.24, 2.45) is 5.73 Å². The van der Waals surface area contributed by atoms with Gasteiger partial charge < -0.3 is 5.73 Å². The summed E-state index contributed by atoms with van der Waals surface area (Å²) >= 11 is 6.78. The molecule has 0 bridgehead atoms. The standard InChI is InChI=1S/C3H6ClNS/c1-6-3(4)2-5/h2H,5H2,1H3/b3-2-. The molecule has 0 aliphatic heterocycles. The van der Waals surface area contributed by atoms with Crippen molar-refractivity contribution < 1.29 is 0 Å². The lowest BCUT2D eigenvalue weighted by Crippen LogP contribution is -1.75. The first kappa shape index (κ1) is 6.18. The number of nitrogens with two attached hydrogens (primary N) is 1. The molecule has 36 valence electrons. The molecule has 3 heteroatoms. The largest absolute Gasteiger partial charge is 0.403 e. The molecule has 0 aromatic rings. The first-order valence-corrected chi connectivity index (χ1v) is 3.03. The highest BCUT2D eigenvalue weighted by atomic mass is 35.5. The summed E-state index contributed by atoms with van der Waals surface area (Å²) in [6.07, 6.45) is 3.23. The second kappa shape index (κ2) is 3.37. The minimum absolute atomic E-state index is 0.634. The highest BCUT2D eigenvalue weighted by Gasteiger charge is 1.77. The zero-order valence-electron chi connectivity index (χ0n) is 3.44. The lowest BCUT2D eigenvalue weighted by atomic mass is 11.1. The molecule has 0 rings (SSSR count). The second-order valence-corrected chi connectivity index (χ2v) is 2.15. The Morgan fingerprint density at radius 2 is 2.50 bits per heavy atom. The first-order chi connectivity index (χ1) is 2.81. The van der Waals surface area contributed by atoms with Gasteiger partial charge in [0.15, 0.2) is 0 Å². The van der Waals surface area contributed by atoms with Crippen LogP contribution in [0, 0.1) is 0 Å². The summed E-state index contributed by atoms with van der Waals surface area (Å²) in [4.78, 5) is 0. The van der Waals surface area contributed by atoms with Crippen LogP contribution in [0.1, 0.15) is 0 Å². The Labute approximate surface area is 46.5 Å². The van der Waals surface area contributed by atoms with Gasteiger partial charge in [0, 0.05) is 6.20 Å². The molecule has 0 amide bonds. The van der Waals surface area contributed by atoms with Crippen molar-refractivity contribution in [3.63, 3.8) is 0 Å². The molecule has 0 heterocycles. The Kier molecular flexibility index (Phi) is 3.47. The predicted octanol–water partition coefficient (Wildman–Crippen LogP) is 1.35. The predicted molar refractivity (Wildman–Crippen MR) is 31.6 cm³/mol. The van der Waals surface area contributed by atoms with E-state index in [0.717, 1.165) is 0 Å². The van der Waals surface area contributed by atoms with E-state index in [9.17, 15) is 0 Å². The van der Waals surface area contributed by atoms with Crippen LogP contribution >= 0.6 is 23.4 Å². The molecule has 2 N–H and O–H groups in total. The highest BCUT2D eigenvalue weighted by molar-refractivity contribution is 8.03.